The minimum absolute atomic E-state index is 0.0671. The molecule has 0 amide bonds. The Bertz CT molecular complexity index is 379. The molecule has 0 unspecified atom stereocenters. The smallest absolute Gasteiger partial charge is 0.141 e. The Morgan fingerprint density at radius 2 is 2.36 bits per heavy atom. The Balaban J connectivity index is 2.85. The first kappa shape index (κ1) is 10.8. The maximum atomic E-state index is 12.7. The topological polar surface area (TPSA) is 69.0 Å². The van der Waals surface area contributed by atoms with Crippen molar-refractivity contribution in [2.24, 2.45) is 5.11 Å². The summed E-state index contributed by atoms with van der Waals surface area (Å²) in [6.07, 6.45) is -0.955. The number of nitrogens with zero attached hydrogens (tertiary/aromatic N) is 3. The first-order valence-electron chi connectivity index (χ1n) is 3.79. The molecule has 0 spiro atoms. The summed E-state index contributed by atoms with van der Waals surface area (Å²) in [7, 11) is 0. The highest BCUT2D eigenvalue weighted by atomic mass is 35.5. The lowest BCUT2D eigenvalue weighted by Crippen LogP contribution is -2.00. The molecule has 0 heterocycles. The van der Waals surface area contributed by atoms with Gasteiger partial charge in [0, 0.05) is 4.91 Å². The van der Waals surface area contributed by atoms with Gasteiger partial charge in [-0.1, -0.05) is 22.8 Å². The Labute approximate surface area is 84.6 Å². The number of halogens is 2. The van der Waals surface area contributed by atoms with Crippen LogP contribution in [0, 0.1) is 5.82 Å². The Morgan fingerprint density at radius 1 is 1.64 bits per heavy atom. The van der Waals surface area contributed by atoms with Gasteiger partial charge in [-0.3, -0.25) is 0 Å². The van der Waals surface area contributed by atoms with E-state index in [1.807, 2.05) is 0 Å². The molecule has 0 aliphatic carbocycles. The van der Waals surface area contributed by atoms with Crippen molar-refractivity contribution in [3.63, 3.8) is 0 Å². The summed E-state index contributed by atoms with van der Waals surface area (Å²) < 4.78 is 12.7. The molecule has 0 aromatic heterocycles. The second-order valence-electron chi connectivity index (χ2n) is 2.60. The van der Waals surface area contributed by atoms with Gasteiger partial charge < -0.3 is 5.11 Å². The van der Waals surface area contributed by atoms with Crippen LogP contribution < -0.4 is 0 Å². The van der Waals surface area contributed by atoms with E-state index in [0.29, 0.717) is 5.56 Å². The van der Waals surface area contributed by atoms with Gasteiger partial charge in [0.2, 0.25) is 0 Å². The van der Waals surface area contributed by atoms with Crippen LogP contribution in [0.25, 0.3) is 10.4 Å². The zero-order valence-corrected chi connectivity index (χ0v) is 7.82. The zero-order chi connectivity index (χ0) is 10.6. The molecule has 0 saturated heterocycles. The van der Waals surface area contributed by atoms with Crippen LogP contribution in [-0.4, -0.2) is 11.7 Å². The maximum Gasteiger partial charge on any atom is 0.141 e. The third-order valence-corrected chi connectivity index (χ3v) is 1.94. The van der Waals surface area contributed by atoms with Gasteiger partial charge >= 0.3 is 0 Å². The van der Waals surface area contributed by atoms with Gasteiger partial charge in [0.05, 0.1) is 17.7 Å². The van der Waals surface area contributed by atoms with Crippen molar-refractivity contribution in [1.29, 1.82) is 0 Å². The maximum absolute atomic E-state index is 12.7. The fourth-order valence-corrected chi connectivity index (χ4v) is 1.13. The molecular formula is C8H7ClFN3O. The number of hydrogen-bond acceptors (Lipinski definition) is 2. The molecular weight excluding hydrogens is 209 g/mol. The van der Waals surface area contributed by atoms with Crippen molar-refractivity contribution < 1.29 is 9.50 Å². The van der Waals surface area contributed by atoms with E-state index in [-0.39, 0.29) is 11.6 Å². The van der Waals surface area contributed by atoms with Crippen molar-refractivity contribution in [2.75, 3.05) is 6.54 Å². The van der Waals surface area contributed by atoms with Crippen molar-refractivity contribution >= 4 is 11.6 Å². The summed E-state index contributed by atoms with van der Waals surface area (Å²) in [5.41, 5.74) is 8.44. The number of hydrogen-bond donors (Lipinski definition) is 1. The van der Waals surface area contributed by atoms with Gasteiger partial charge in [-0.05, 0) is 23.2 Å². The fraction of sp³-hybridized carbons (Fsp3) is 0.250. The van der Waals surface area contributed by atoms with E-state index in [0.717, 1.165) is 6.07 Å². The zero-order valence-electron chi connectivity index (χ0n) is 7.06. The standard InChI is InChI=1S/C8H7ClFN3O/c9-6-3-5(1-2-7(6)10)8(14)4-12-13-11/h1-3,8,14H,4H2/t8-/m1/s1. The third-order valence-electron chi connectivity index (χ3n) is 1.65. The quantitative estimate of drug-likeness (QED) is 0.470. The molecule has 14 heavy (non-hydrogen) atoms. The van der Waals surface area contributed by atoms with E-state index >= 15 is 0 Å². The van der Waals surface area contributed by atoms with Crippen molar-refractivity contribution in [3.05, 3.63) is 45.0 Å². The van der Waals surface area contributed by atoms with Crippen molar-refractivity contribution in [1.82, 2.24) is 0 Å². The number of rotatable bonds is 3. The van der Waals surface area contributed by atoms with Crippen LogP contribution in [0.1, 0.15) is 11.7 Å². The molecule has 1 aromatic rings. The summed E-state index contributed by atoms with van der Waals surface area (Å²) in [4.78, 5) is 2.50. The lowest BCUT2D eigenvalue weighted by Gasteiger charge is -2.07. The molecule has 1 atom stereocenters. The molecule has 74 valence electrons. The molecule has 1 rings (SSSR count). The van der Waals surface area contributed by atoms with E-state index in [4.69, 9.17) is 17.1 Å². The highest BCUT2D eigenvalue weighted by Gasteiger charge is 2.08. The van der Waals surface area contributed by atoms with E-state index in [1.54, 1.807) is 0 Å². The minimum Gasteiger partial charge on any atom is -0.388 e. The van der Waals surface area contributed by atoms with Gasteiger partial charge in [-0.2, -0.15) is 0 Å². The number of aliphatic hydroxyl groups is 1. The Hall–Kier alpha value is -1.29. The SMILES string of the molecule is [N-]=[N+]=NC[C@@H](O)c1ccc(F)c(Cl)c1. The number of benzene rings is 1. The van der Waals surface area contributed by atoms with Gasteiger partial charge in [0.1, 0.15) is 5.82 Å². The first-order valence-corrected chi connectivity index (χ1v) is 4.17. The highest BCUT2D eigenvalue weighted by Crippen LogP contribution is 2.20. The molecule has 0 aliphatic heterocycles. The highest BCUT2D eigenvalue weighted by molar-refractivity contribution is 6.30. The second kappa shape index (κ2) is 4.81. The van der Waals surface area contributed by atoms with Gasteiger partial charge in [-0.25, -0.2) is 4.39 Å². The molecule has 0 radical (unpaired) electrons. The summed E-state index contributed by atoms with van der Waals surface area (Å²) in [5, 5.41) is 12.5. The van der Waals surface area contributed by atoms with Crippen LogP contribution >= 0.6 is 11.6 Å². The van der Waals surface area contributed by atoms with E-state index in [9.17, 15) is 9.50 Å². The lowest BCUT2D eigenvalue weighted by molar-refractivity contribution is 0.186. The van der Waals surface area contributed by atoms with Crippen LogP contribution in [0.4, 0.5) is 4.39 Å². The normalized spacial score (nSPS) is 11.9. The average molecular weight is 216 g/mol. The predicted molar refractivity (Wildman–Crippen MR) is 50.4 cm³/mol. The molecule has 1 N–H and O–H groups in total. The first-order chi connectivity index (χ1) is 6.65. The van der Waals surface area contributed by atoms with E-state index < -0.39 is 11.9 Å². The molecule has 4 nitrogen and oxygen atoms in total. The number of aliphatic hydroxyl groups excluding tert-OH is 1. The largest absolute Gasteiger partial charge is 0.388 e. The van der Waals surface area contributed by atoms with Crippen LogP contribution in [0.2, 0.25) is 5.02 Å². The van der Waals surface area contributed by atoms with Gasteiger partial charge in [0.15, 0.2) is 0 Å². The molecule has 0 aliphatic rings. The summed E-state index contributed by atoms with van der Waals surface area (Å²) in [6, 6.07) is 3.84. The molecule has 0 fully saturated rings. The molecule has 1 aromatic carbocycles. The van der Waals surface area contributed by atoms with Crippen molar-refractivity contribution in [2.45, 2.75) is 6.10 Å². The Kier molecular flexibility index (Phi) is 3.71. The summed E-state index contributed by atoms with van der Waals surface area (Å²) in [6.45, 7) is -0.0987. The third kappa shape index (κ3) is 2.60. The van der Waals surface area contributed by atoms with Gasteiger partial charge in [0.25, 0.3) is 0 Å². The van der Waals surface area contributed by atoms with Crippen LogP contribution in [0.3, 0.4) is 0 Å². The molecule has 0 saturated carbocycles. The minimum atomic E-state index is -0.955. The average Bonchev–Trinajstić information content (AvgIpc) is 2.18. The van der Waals surface area contributed by atoms with Crippen molar-refractivity contribution in [3.8, 4) is 0 Å². The predicted octanol–water partition coefficient (Wildman–Crippen LogP) is 2.82. The summed E-state index contributed by atoms with van der Waals surface area (Å²) in [5.74, 6) is -0.550. The fourth-order valence-electron chi connectivity index (χ4n) is 0.939. The molecule has 0 bridgehead atoms. The summed E-state index contributed by atoms with van der Waals surface area (Å²) >= 11 is 5.50. The van der Waals surface area contributed by atoms with E-state index in [2.05, 4.69) is 10.0 Å². The van der Waals surface area contributed by atoms with Crippen LogP contribution in [0.15, 0.2) is 23.3 Å². The number of azide groups is 1. The monoisotopic (exact) mass is 215 g/mol. The van der Waals surface area contributed by atoms with Gasteiger partial charge in [-0.15, -0.1) is 0 Å². The van der Waals surface area contributed by atoms with Crippen LogP contribution in [0.5, 0.6) is 0 Å². The van der Waals surface area contributed by atoms with E-state index in [1.165, 1.54) is 12.1 Å². The second-order valence-corrected chi connectivity index (χ2v) is 3.01. The lowest BCUT2D eigenvalue weighted by atomic mass is 10.1. The van der Waals surface area contributed by atoms with Crippen LogP contribution in [-0.2, 0) is 0 Å². The molecule has 6 heteroatoms. The Morgan fingerprint density at radius 3 is 2.93 bits per heavy atom.